The van der Waals surface area contributed by atoms with Crippen LogP contribution < -0.4 is 5.32 Å². The Morgan fingerprint density at radius 2 is 1.95 bits per heavy atom. The van der Waals surface area contributed by atoms with Crippen molar-refractivity contribution in [3.05, 3.63) is 28.2 Å². The fourth-order valence-corrected chi connectivity index (χ4v) is 4.55. The SMILES string of the molecule is OC1CCC(NC2CCSc3ccc(Br)cc32)CC1. The first-order chi connectivity index (χ1) is 9.22. The Balaban J connectivity index is 1.71. The maximum atomic E-state index is 9.59. The minimum Gasteiger partial charge on any atom is -0.393 e. The molecular weight excluding hydrogens is 322 g/mol. The van der Waals surface area contributed by atoms with Crippen LogP contribution in [0.1, 0.15) is 43.7 Å². The third-order valence-corrected chi connectivity index (χ3v) is 5.76. The lowest BCUT2D eigenvalue weighted by Gasteiger charge is -2.33. The molecule has 2 nitrogen and oxygen atoms in total. The van der Waals surface area contributed by atoms with Crippen molar-refractivity contribution in [3.8, 4) is 0 Å². The summed E-state index contributed by atoms with van der Waals surface area (Å²) in [5.41, 5.74) is 1.44. The summed E-state index contributed by atoms with van der Waals surface area (Å²) < 4.78 is 1.17. The van der Waals surface area contributed by atoms with Crippen LogP contribution in [0, 0.1) is 0 Å². The number of aliphatic hydroxyl groups is 1. The number of fused-ring (bicyclic) bond motifs is 1. The van der Waals surface area contributed by atoms with Crippen LogP contribution in [0.2, 0.25) is 0 Å². The van der Waals surface area contributed by atoms with Crippen molar-refractivity contribution in [3.63, 3.8) is 0 Å². The van der Waals surface area contributed by atoms with E-state index in [-0.39, 0.29) is 6.10 Å². The minimum absolute atomic E-state index is 0.0682. The first-order valence-electron chi connectivity index (χ1n) is 7.09. The molecule has 1 aliphatic heterocycles. The summed E-state index contributed by atoms with van der Waals surface area (Å²) in [6, 6.07) is 7.67. The van der Waals surface area contributed by atoms with Crippen LogP contribution in [-0.2, 0) is 0 Å². The van der Waals surface area contributed by atoms with Crippen molar-refractivity contribution in [1.82, 2.24) is 5.32 Å². The molecule has 3 rings (SSSR count). The van der Waals surface area contributed by atoms with Gasteiger partial charge in [-0.05, 0) is 61.6 Å². The van der Waals surface area contributed by atoms with Crippen LogP contribution in [0.25, 0.3) is 0 Å². The van der Waals surface area contributed by atoms with E-state index in [0.29, 0.717) is 12.1 Å². The lowest BCUT2D eigenvalue weighted by Crippen LogP contribution is -2.38. The number of hydrogen-bond donors (Lipinski definition) is 2. The lowest BCUT2D eigenvalue weighted by atomic mass is 9.91. The topological polar surface area (TPSA) is 32.3 Å². The Labute approximate surface area is 127 Å². The molecule has 1 atom stereocenters. The number of rotatable bonds is 2. The monoisotopic (exact) mass is 341 g/mol. The maximum absolute atomic E-state index is 9.59. The summed E-state index contributed by atoms with van der Waals surface area (Å²) in [7, 11) is 0. The van der Waals surface area contributed by atoms with E-state index in [2.05, 4.69) is 39.4 Å². The average Bonchev–Trinajstić information content (AvgIpc) is 2.42. The van der Waals surface area contributed by atoms with Crippen molar-refractivity contribution < 1.29 is 5.11 Å². The van der Waals surface area contributed by atoms with Crippen molar-refractivity contribution in [1.29, 1.82) is 0 Å². The van der Waals surface area contributed by atoms with Crippen LogP contribution in [0.15, 0.2) is 27.6 Å². The highest BCUT2D eigenvalue weighted by atomic mass is 79.9. The molecule has 2 aliphatic rings. The second-order valence-corrected chi connectivity index (χ2v) is 7.60. The van der Waals surface area contributed by atoms with Crippen LogP contribution >= 0.6 is 27.7 Å². The molecule has 0 bridgehead atoms. The Morgan fingerprint density at radius 3 is 2.74 bits per heavy atom. The lowest BCUT2D eigenvalue weighted by molar-refractivity contribution is 0.114. The van der Waals surface area contributed by atoms with Gasteiger partial charge in [-0.25, -0.2) is 0 Å². The zero-order valence-electron chi connectivity index (χ0n) is 10.9. The van der Waals surface area contributed by atoms with E-state index in [1.54, 1.807) is 0 Å². The third-order valence-electron chi connectivity index (χ3n) is 4.14. The van der Waals surface area contributed by atoms with Crippen LogP contribution in [-0.4, -0.2) is 23.0 Å². The molecule has 1 aromatic rings. The molecule has 19 heavy (non-hydrogen) atoms. The minimum atomic E-state index is -0.0682. The van der Waals surface area contributed by atoms with Gasteiger partial charge in [0, 0.05) is 21.5 Å². The average molecular weight is 342 g/mol. The molecule has 0 saturated heterocycles. The van der Waals surface area contributed by atoms with Crippen LogP contribution in [0.5, 0.6) is 0 Å². The van der Waals surface area contributed by atoms with E-state index >= 15 is 0 Å². The van der Waals surface area contributed by atoms with E-state index in [9.17, 15) is 5.11 Å². The predicted molar refractivity (Wildman–Crippen MR) is 83.6 cm³/mol. The molecule has 104 valence electrons. The van der Waals surface area contributed by atoms with Gasteiger partial charge >= 0.3 is 0 Å². The quantitative estimate of drug-likeness (QED) is 0.856. The number of nitrogens with one attached hydrogen (secondary N) is 1. The van der Waals surface area contributed by atoms with Crippen LogP contribution in [0.4, 0.5) is 0 Å². The van der Waals surface area contributed by atoms with Gasteiger partial charge in [0.1, 0.15) is 0 Å². The molecule has 1 fully saturated rings. The smallest absolute Gasteiger partial charge is 0.0541 e. The summed E-state index contributed by atoms with van der Waals surface area (Å²) in [5.74, 6) is 1.20. The van der Waals surface area contributed by atoms with Gasteiger partial charge in [-0.2, -0.15) is 0 Å². The summed E-state index contributed by atoms with van der Waals surface area (Å²) in [6.45, 7) is 0. The third kappa shape index (κ3) is 3.35. The molecule has 2 N–H and O–H groups in total. The normalized spacial score (nSPS) is 30.9. The number of benzene rings is 1. The van der Waals surface area contributed by atoms with Gasteiger partial charge in [0.05, 0.1) is 6.10 Å². The fraction of sp³-hybridized carbons (Fsp3) is 0.600. The Hall–Kier alpha value is -0.0300. The molecule has 0 amide bonds. The van der Waals surface area contributed by atoms with E-state index in [4.69, 9.17) is 0 Å². The van der Waals surface area contributed by atoms with Gasteiger partial charge in [0.2, 0.25) is 0 Å². The van der Waals surface area contributed by atoms with Gasteiger partial charge in [0.15, 0.2) is 0 Å². The molecule has 0 aromatic heterocycles. The Morgan fingerprint density at radius 1 is 1.16 bits per heavy atom. The second kappa shape index (κ2) is 6.17. The van der Waals surface area contributed by atoms with Gasteiger partial charge < -0.3 is 10.4 Å². The number of hydrogen-bond acceptors (Lipinski definition) is 3. The van der Waals surface area contributed by atoms with Crippen molar-refractivity contribution in [2.45, 2.75) is 55.2 Å². The van der Waals surface area contributed by atoms with E-state index in [0.717, 1.165) is 25.7 Å². The summed E-state index contributed by atoms with van der Waals surface area (Å²) in [6.07, 6.45) is 5.24. The Bertz CT molecular complexity index is 446. The molecule has 1 aromatic carbocycles. The summed E-state index contributed by atoms with van der Waals surface area (Å²) >= 11 is 5.54. The maximum Gasteiger partial charge on any atom is 0.0541 e. The Kier molecular flexibility index (Phi) is 4.52. The van der Waals surface area contributed by atoms with Crippen molar-refractivity contribution in [2.75, 3.05) is 5.75 Å². The molecular formula is C15H20BrNOS. The van der Waals surface area contributed by atoms with Crippen LogP contribution in [0.3, 0.4) is 0 Å². The summed E-state index contributed by atoms with van der Waals surface area (Å²) in [4.78, 5) is 1.42. The predicted octanol–water partition coefficient (Wildman–Crippen LogP) is 3.88. The largest absolute Gasteiger partial charge is 0.393 e. The highest BCUT2D eigenvalue weighted by Crippen LogP contribution is 2.38. The van der Waals surface area contributed by atoms with E-state index in [1.807, 2.05) is 11.8 Å². The zero-order valence-corrected chi connectivity index (χ0v) is 13.3. The fourth-order valence-electron chi connectivity index (χ4n) is 3.07. The molecule has 1 aliphatic carbocycles. The van der Waals surface area contributed by atoms with Crippen molar-refractivity contribution >= 4 is 27.7 Å². The molecule has 1 saturated carbocycles. The first-order valence-corrected chi connectivity index (χ1v) is 8.86. The molecule has 4 heteroatoms. The second-order valence-electron chi connectivity index (χ2n) is 5.54. The van der Waals surface area contributed by atoms with Gasteiger partial charge in [-0.3, -0.25) is 0 Å². The number of thioether (sulfide) groups is 1. The van der Waals surface area contributed by atoms with Crippen molar-refractivity contribution in [2.24, 2.45) is 0 Å². The number of aliphatic hydroxyl groups excluding tert-OH is 1. The van der Waals surface area contributed by atoms with Gasteiger partial charge in [-0.1, -0.05) is 15.9 Å². The molecule has 0 radical (unpaired) electrons. The highest BCUT2D eigenvalue weighted by molar-refractivity contribution is 9.10. The molecule has 1 heterocycles. The number of halogens is 1. The van der Waals surface area contributed by atoms with E-state index < -0.39 is 0 Å². The van der Waals surface area contributed by atoms with Gasteiger partial charge in [-0.15, -0.1) is 11.8 Å². The van der Waals surface area contributed by atoms with E-state index in [1.165, 1.54) is 27.1 Å². The van der Waals surface area contributed by atoms with Gasteiger partial charge in [0.25, 0.3) is 0 Å². The molecule has 0 spiro atoms. The standard InChI is InChI=1S/C15H20BrNOS/c16-10-1-6-15-13(9-10)14(7-8-19-15)17-11-2-4-12(18)5-3-11/h1,6,9,11-12,14,17-18H,2-5,7-8H2. The summed E-state index contributed by atoms with van der Waals surface area (Å²) in [5, 5.41) is 13.4. The highest BCUT2D eigenvalue weighted by Gasteiger charge is 2.26. The molecule has 1 unspecified atom stereocenters. The first kappa shape index (κ1) is 13.9. The zero-order chi connectivity index (χ0) is 13.2.